The van der Waals surface area contributed by atoms with Gasteiger partial charge >= 0.3 is 6.09 Å². The quantitative estimate of drug-likeness (QED) is 0.636. The molecule has 2 heterocycles. The predicted molar refractivity (Wildman–Crippen MR) is 49.5 cm³/mol. The van der Waals surface area contributed by atoms with E-state index in [-0.39, 0.29) is 11.8 Å². The maximum Gasteiger partial charge on any atom is 0.407 e. The minimum atomic E-state index is -0.833. The molecular weight excluding hydrogens is 180 g/mol. The molecule has 3 rings (SSSR count). The SMILES string of the molecule is N#CC1CC2CCC1CN(C(=O)O)C2. The highest BCUT2D eigenvalue weighted by molar-refractivity contribution is 5.65. The van der Waals surface area contributed by atoms with Crippen LogP contribution in [-0.2, 0) is 0 Å². The number of nitriles is 1. The average Bonchev–Trinajstić information content (AvgIpc) is 2.47. The molecule has 0 radical (unpaired) electrons. The third kappa shape index (κ3) is 1.54. The second kappa shape index (κ2) is 3.49. The lowest BCUT2D eigenvalue weighted by Gasteiger charge is -2.26. The van der Waals surface area contributed by atoms with E-state index in [1.54, 1.807) is 0 Å². The molecule has 2 aliphatic heterocycles. The number of hydrogen-bond donors (Lipinski definition) is 1. The third-order valence-electron chi connectivity index (χ3n) is 3.47. The minimum Gasteiger partial charge on any atom is -0.465 e. The Kier molecular flexibility index (Phi) is 2.32. The molecule has 1 amide bonds. The van der Waals surface area contributed by atoms with Gasteiger partial charge in [-0.3, -0.25) is 0 Å². The van der Waals surface area contributed by atoms with Crippen LogP contribution in [0.2, 0.25) is 0 Å². The first kappa shape index (κ1) is 9.32. The molecule has 3 fully saturated rings. The summed E-state index contributed by atoms with van der Waals surface area (Å²) in [6, 6.07) is 2.32. The van der Waals surface area contributed by atoms with Gasteiger partial charge in [0.2, 0.25) is 0 Å². The van der Waals surface area contributed by atoms with Gasteiger partial charge in [0, 0.05) is 13.1 Å². The summed E-state index contributed by atoms with van der Waals surface area (Å²) < 4.78 is 0. The normalized spacial score (nSPS) is 36.2. The van der Waals surface area contributed by atoms with E-state index >= 15 is 0 Å². The molecule has 3 atom stereocenters. The third-order valence-corrected chi connectivity index (χ3v) is 3.47. The summed E-state index contributed by atoms with van der Waals surface area (Å²) in [5.74, 6) is 0.766. The van der Waals surface area contributed by atoms with Gasteiger partial charge in [-0.15, -0.1) is 0 Å². The molecule has 1 N–H and O–H groups in total. The van der Waals surface area contributed by atoms with E-state index in [1.807, 2.05) is 0 Å². The van der Waals surface area contributed by atoms with Gasteiger partial charge < -0.3 is 10.0 Å². The Morgan fingerprint density at radius 1 is 1.43 bits per heavy atom. The zero-order valence-electron chi connectivity index (χ0n) is 8.02. The molecule has 0 spiro atoms. The van der Waals surface area contributed by atoms with Crippen molar-refractivity contribution >= 4 is 6.09 Å². The smallest absolute Gasteiger partial charge is 0.407 e. The first-order valence-corrected chi connectivity index (χ1v) is 5.08. The summed E-state index contributed by atoms with van der Waals surface area (Å²) in [5, 5.41) is 17.9. The zero-order chi connectivity index (χ0) is 10.1. The Bertz CT molecular complexity index is 284. The van der Waals surface area contributed by atoms with Crippen LogP contribution >= 0.6 is 0 Å². The molecule has 2 saturated heterocycles. The van der Waals surface area contributed by atoms with Crippen LogP contribution in [0.1, 0.15) is 19.3 Å². The van der Waals surface area contributed by atoms with Crippen LogP contribution in [-0.4, -0.2) is 29.2 Å². The minimum absolute atomic E-state index is 0.0816. The molecule has 3 unspecified atom stereocenters. The van der Waals surface area contributed by atoms with Crippen molar-refractivity contribution in [3.05, 3.63) is 0 Å². The zero-order valence-corrected chi connectivity index (χ0v) is 8.02. The lowest BCUT2D eigenvalue weighted by Crippen LogP contribution is -2.33. The van der Waals surface area contributed by atoms with Gasteiger partial charge in [0.05, 0.1) is 12.0 Å². The van der Waals surface area contributed by atoms with E-state index in [1.165, 1.54) is 4.90 Å². The van der Waals surface area contributed by atoms with Crippen molar-refractivity contribution < 1.29 is 9.90 Å². The van der Waals surface area contributed by atoms with Crippen LogP contribution in [0.3, 0.4) is 0 Å². The van der Waals surface area contributed by atoms with Crippen LogP contribution in [0, 0.1) is 29.1 Å². The van der Waals surface area contributed by atoms with Gasteiger partial charge in [-0.25, -0.2) is 4.79 Å². The highest BCUT2D eigenvalue weighted by Gasteiger charge is 2.37. The molecule has 4 heteroatoms. The Morgan fingerprint density at radius 3 is 2.86 bits per heavy atom. The van der Waals surface area contributed by atoms with E-state index in [0.717, 1.165) is 19.3 Å². The van der Waals surface area contributed by atoms with E-state index in [9.17, 15) is 4.79 Å². The molecule has 1 aliphatic carbocycles. The largest absolute Gasteiger partial charge is 0.465 e. The number of carboxylic acid groups (broad SMARTS) is 1. The standard InChI is InChI=1S/C10H14N2O2/c11-4-9-3-7-1-2-8(9)6-12(5-7)10(13)14/h7-9H,1-3,5-6H2,(H,13,14). The number of amides is 1. The summed E-state index contributed by atoms with van der Waals surface area (Å²) in [6.07, 6.45) is 2.17. The molecule has 4 nitrogen and oxygen atoms in total. The maximum atomic E-state index is 10.9. The monoisotopic (exact) mass is 194 g/mol. The fourth-order valence-corrected chi connectivity index (χ4v) is 2.69. The van der Waals surface area contributed by atoms with Gasteiger partial charge in [0.15, 0.2) is 0 Å². The molecule has 2 bridgehead atoms. The topological polar surface area (TPSA) is 64.3 Å². The van der Waals surface area contributed by atoms with Crippen molar-refractivity contribution in [3.63, 3.8) is 0 Å². The summed E-state index contributed by atoms with van der Waals surface area (Å²) >= 11 is 0. The second-order valence-corrected chi connectivity index (χ2v) is 4.36. The van der Waals surface area contributed by atoms with Gasteiger partial charge in [-0.1, -0.05) is 0 Å². The molecule has 14 heavy (non-hydrogen) atoms. The average molecular weight is 194 g/mol. The highest BCUT2D eigenvalue weighted by Crippen LogP contribution is 2.37. The fraction of sp³-hybridized carbons (Fsp3) is 0.800. The number of nitrogens with zero attached hydrogens (tertiary/aromatic N) is 2. The van der Waals surface area contributed by atoms with E-state index in [4.69, 9.17) is 10.4 Å². The van der Waals surface area contributed by atoms with Crippen LogP contribution in [0.15, 0.2) is 0 Å². The van der Waals surface area contributed by atoms with E-state index in [0.29, 0.717) is 19.0 Å². The first-order chi connectivity index (χ1) is 6.70. The maximum absolute atomic E-state index is 10.9. The number of hydrogen-bond acceptors (Lipinski definition) is 2. The molecular formula is C10H14N2O2. The molecule has 0 aromatic heterocycles. The summed E-state index contributed by atoms with van der Waals surface area (Å²) in [5.41, 5.74) is 0. The second-order valence-electron chi connectivity index (χ2n) is 4.36. The highest BCUT2D eigenvalue weighted by atomic mass is 16.4. The van der Waals surface area contributed by atoms with Crippen molar-refractivity contribution in [1.82, 2.24) is 4.90 Å². The predicted octanol–water partition coefficient (Wildman–Crippen LogP) is 1.54. The molecule has 0 aromatic rings. The van der Waals surface area contributed by atoms with Crippen molar-refractivity contribution in [2.45, 2.75) is 19.3 Å². The lowest BCUT2D eigenvalue weighted by atomic mass is 9.76. The van der Waals surface area contributed by atoms with Crippen molar-refractivity contribution in [2.24, 2.45) is 17.8 Å². The van der Waals surface area contributed by atoms with Crippen molar-refractivity contribution in [3.8, 4) is 6.07 Å². The van der Waals surface area contributed by atoms with Crippen LogP contribution in [0.5, 0.6) is 0 Å². The van der Waals surface area contributed by atoms with Gasteiger partial charge in [-0.05, 0) is 31.1 Å². The Morgan fingerprint density at radius 2 is 2.21 bits per heavy atom. The van der Waals surface area contributed by atoms with Crippen LogP contribution < -0.4 is 0 Å². The molecule has 1 saturated carbocycles. The Labute approximate surface area is 83.1 Å². The fourth-order valence-electron chi connectivity index (χ4n) is 2.69. The first-order valence-electron chi connectivity index (χ1n) is 5.08. The Balaban J connectivity index is 2.14. The van der Waals surface area contributed by atoms with Crippen LogP contribution in [0.25, 0.3) is 0 Å². The van der Waals surface area contributed by atoms with Gasteiger partial charge in [0.1, 0.15) is 0 Å². The molecule has 3 aliphatic rings. The van der Waals surface area contributed by atoms with E-state index < -0.39 is 6.09 Å². The molecule has 0 aromatic carbocycles. The summed E-state index contributed by atoms with van der Waals surface area (Å²) in [6.45, 7) is 1.19. The number of rotatable bonds is 0. The van der Waals surface area contributed by atoms with E-state index in [2.05, 4.69) is 6.07 Å². The van der Waals surface area contributed by atoms with Crippen LogP contribution in [0.4, 0.5) is 4.79 Å². The number of carbonyl (C=O) groups is 1. The summed E-state index contributed by atoms with van der Waals surface area (Å²) in [4.78, 5) is 12.3. The lowest BCUT2D eigenvalue weighted by molar-refractivity contribution is 0.140. The van der Waals surface area contributed by atoms with Crippen molar-refractivity contribution in [1.29, 1.82) is 5.26 Å². The van der Waals surface area contributed by atoms with Gasteiger partial charge in [-0.2, -0.15) is 5.26 Å². The van der Waals surface area contributed by atoms with Crippen molar-refractivity contribution in [2.75, 3.05) is 13.1 Å². The molecule has 76 valence electrons. The summed E-state index contributed by atoms with van der Waals surface area (Å²) in [7, 11) is 0. The number of fused-ring (bicyclic) bond motifs is 4. The Hall–Kier alpha value is -1.24. The van der Waals surface area contributed by atoms with Gasteiger partial charge in [0.25, 0.3) is 0 Å².